The normalized spacial score (nSPS) is 16.5. The van der Waals surface area contributed by atoms with Crippen molar-refractivity contribution in [3.63, 3.8) is 0 Å². The Morgan fingerprint density at radius 3 is 3.17 bits per heavy atom. The lowest BCUT2D eigenvalue weighted by atomic mass is 10.2. The van der Waals surface area contributed by atoms with Crippen LogP contribution in [-0.2, 0) is 17.8 Å². The second-order valence-corrected chi connectivity index (χ2v) is 8.24. The summed E-state index contributed by atoms with van der Waals surface area (Å²) in [5.41, 5.74) is 2.91. The van der Waals surface area contributed by atoms with Crippen LogP contribution in [0.2, 0.25) is 0 Å². The zero-order chi connectivity index (χ0) is 19.6. The number of amides is 1. The summed E-state index contributed by atoms with van der Waals surface area (Å²) in [7, 11) is 0. The molecule has 0 spiro atoms. The fraction of sp³-hybridized carbons (Fsp3) is 0.286. The highest BCUT2D eigenvalue weighted by molar-refractivity contribution is 7.17. The van der Waals surface area contributed by atoms with Crippen molar-refractivity contribution in [3.8, 4) is 10.4 Å². The molecule has 4 aromatic heterocycles. The van der Waals surface area contributed by atoms with Crippen molar-refractivity contribution in [2.75, 3.05) is 6.61 Å². The summed E-state index contributed by atoms with van der Waals surface area (Å²) in [5.74, 6) is -0.0730. The number of imidazole rings is 1. The van der Waals surface area contributed by atoms with E-state index in [1.807, 2.05) is 58.1 Å². The fourth-order valence-corrected chi connectivity index (χ4v) is 4.43. The van der Waals surface area contributed by atoms with E-state index in [4.69, 9.17) is 4.74 Å². The molecule has 1 N–H and O–H groups in total. The van der Waals surface area contributed by atoms with E-state index in [0.29, 0.717) is 11.4 Å². The van der Waals surface area contributed by atoms with Crippen molar-refractivity contribution >= 4 is 22.9 Å². The van der Waals surface area contributed by atoms with E-state index < -0.39 is 0 Å². The second-order valence-electron chi connectivity index (χ2n) is 7.16. The van der Waals surface area contributed by atoms with Gasteiger partial charge in [-0.05, 0) is 42.7 Å². The number of pyridine rings is 1. The van der Waals surface area contributed by atoms with E-state index in [1.54, 1.807) is 6.20 Å². The van der Waals surface area contributed by atoms with Crippen LogP contribution < -0.4 is 5.32 Å². The van der Waals surface area contributed by atoms with E-state index in [9.17, 15) is 4.79 Å². The molecular weight excluding hydrogens is 386 g/mol. The van der Waals surface area contributed by atoms with Crippen LogP contribution >= 0.6 is 11.3 Å². The van der Waals surface area contributed by atoms with Gasteiger partial charge >= 0.3 is 0 Å². The molecule has 1 fully saturated rings. The van der Waals surface area contributed by atoms with Crippen molar-refractivity contribution in [2.24, 2.45) is 0 Å². The Balaban J connectivity index is 1.22. The molecule has 4 aromatic rings. The van der Waals surface area contributed by atoms with Crippen molar-refractivity contribution in [2.45, 2.75) is 32.0 Å². The summed E-state index contributed by atoms with van der Waals surface area (Å²) in [6.45, 7) is 2.09. The van der Waals surface area contributed by atoms with Crippen LogP contribution in [0.15, 0.2) is 55.2 Å². The van der Waals surface area contributed by atoms with Gasteiger partial charge in [0.1, 0.15) is 5.65 Å². The Hall–Kier alpha value is -2.97. The lowest BCUT2D eigenvalue weighted by Gasteiger charge is -2.08. The molecule has 29 heavy (non-hydrogen) atoms. The van der Waals surface area contributed by atoms with Gasteiger partial charge in [0.25, 0.3) is 5.91 Å². The average Bonchev–Trinajstić information content (AvgIpc) is 3.53. The molecule has 0 bridgehead atoms. The molecule has 8 heteroatoms. The SMILES string of the molecule is O=C(NCc1ccn2ccnc2c1)c1ccc(-c2cnn(C[C@@H]3CCCO3)c2)s1. The van der Waals surface area contributed by atoms with E-state index in [2.05, 4.69) is 15.4 Å². The Kier molecular flexibility index (Phi) is 4.87. The molecule has 5 rings (SSSR count). The molecular formula is C21H21N5O2S. The van der Waals surface area contributed by atoms with Gasteiger partial charge in [-0.25, -0.2) is 4.98 Å². The molecule has 1 aliphatic heterocycles. The van der Waals surface area contributed by atoms with Crippen LogP contribution in [0.3, 0.4) is 0 Å². The number of aromatic nitrogens is 4. The standard InChI is InChI=1S/C21H21N5O2S/c27-21(23-11-15-5-7-25-8-6-22-20(25)10-15)19-4-3-18(29-19)16-12-24-26(13-16)14-17-2-1-9-28-17/h3-8,10,12-13,17H,1-2,9,11,14H2,(H,23,27)/t17-/m0/s1. The quantitative estimate of drug-likeness (QED) is 0.532. The van der Waals surface area contributed by atoms with Crippen molar-refractivity contribution < 1.29 is 9.53 Å². The molecule has 0 aromatic carbocycles. The maximum Gasteiger partial charge on any atom is 0.261 e. The number of ether oxygens (including phenoxy) is 1. The van der Waals surface area contributed by atoms with Crippen molar-refractivity contribution in [1.29, 1.82) is 0 Å². The molecule has 1 saturated heterocycles. The van der Waals surface area contributed by atoms with Gasteiger partial charge in [-0.1, -0.05) is 0 Å². The summed E-state index contributed by atoms with van der Waals surface area (Å²) in [4.78, 5) is 18.5. The molecule has 1 amide bonds. The third-order valence-electron chi connectivity index (χ3n) is 5.08. The molecule has 1 aliphatic rings. The monoisotopic (exact) mass is 407 g/mol. The minimum Gasteiger partial charge on any atom is -0.376 e. The minimum atomic E-state index is -0.0730. The van der Waals surface area contributed by atoms with Crippen molar-refractivity contribution in [3.05, 3.63) is 65.7 Å². The summed E-state index contributed by atoms with van der Waals surface area (Å²) >= 11 is 1.48. The number of carbonyl (C=O) groups is 1. The second kappa shape index (κ2) is 7.81. The third kappa shape index (κ3) is 3.94. The first-order valence-corrected chi connectivity index (χ1v) is 10.5. The summed E-state index contributed by atoms with van der Waals surface area (Å²) < 4.78 is 9.54. The number of nitrogens with zero attached hydrogens (tertiary/aromatic N) is 4. The number of nitrogens with one attached hydrogen (secondary N) is 1. The number of carbonyl (C=O) groups excluding carboxylic acids is 1. The average molecular weight is 407 g/mol. The van der Waals surface area contributed by atoms with Gasteiger partial charge in [0.2, 0.25) is 0 Å². The van der Waals surface area contributed by atoms with E-state index in [0.717, 1.165) is 47.6 Å². The molecule has 7 nitrogen and oxygen atoms in total. The van der Waals surface area contributed by atoms with E-state index in [1.165, 1.54) is 11.3 Å². The van der Waals surface area contributed by atoms with E-state index >= 15 is 0 Å². The zero-order valence-electron chi connectivity index (χ0n) is 15.8. The van der Waals surface area contributed by atoms with Gasteiger partial charge in [-0.15, -0.1) is 11.3 Å². The summed E-state index contributed by atoms with van der Waals surface area (Å²) in [6.07, 6.45) is 11.9. The number of hydrogen-bond acceptors (Lipinski definition) is 5. The topological polar surface area (TPSA) is 73.5 Å². The summed E-state index contributed by atoms with van der Waals surface area (Å²) in [6, 6.07) is 7.80. The smallest absolute Gasteiger partial charge is 0.261 e. The lowest BCUT2D eigenvalue weighted by molar-refractivity contribution is 0.0939. The molecule has 0 unspecified atom stereocenters. The number of hydrogen-bond donors (Lipinski definition) is 1. The fourth-order valence-electron chi connectivity index (χ4n) is 3.53. The first kappa shape index (κ1) is 18.1. The van der Waals surface area contributed by atoms with Crippen LogP contribution in [0.4, 0.5) is 0 Å². The van der Waals surface area contributed by atoms with Crippen LogP contribution in [0.5, 0.6) is 0 Å². The summed E-state index contributed by atoms with van der Waals surface area (Å²) in [5, 5.41) is 7.43. The van der Waals surface area contributed by atoms with Gasteiger partial charge in [0.15, 0.2) is 0 Å². The third-order valence-corrected chi connectivity index (χ3v) is 6.21. The predicted molar refractivity (Wildman–Crippen MR) is 111 cm³/mol. The first-order valence-electron chi connectivity index (χ1n) is 9.69. The molecule has 0 radical (unpaired) electrons. The lowest BCUT2D eigenvalue weighted by Crippen LogP contribution is -2.21. The number of thiophene rings is 1. The van der Waals surface area contributed by atoms with Crippen molar-refractivity contribution in [1.82, 2.24) is 24.5 Å². The molecule has 1 atom stereocenters. The van der Waals surface area contributed by atoms with Gasteiger partial charge < -0.3 is 14.5 Å². The molecule has 0 saturated carbocycles. The largest absolute Gasteiger partial charge is 0.376 e. The Labute approximate surface area is 172 Å². The van der Waals surface area contributed by atoms with Gasteiger partial charge in [0, 0.05) is 48.4 Å². The Bertz CT molecular complexity index is 1140. The zero-order valence-corrected chi connectivity index (χ0v) is 16.6. The Morgan fingerprint density at radius 2 is 2.28 bits per heavy atom. The maximum absolute atomic E-state index is 12.6. The Morgan fingerprint density at radius 1 is 1.31 bits per heavy atom. The first-order chi connectivity index (χ1) is 14.2. The van der Waals surface area contributed by atoms with E-state index in [-0.39, 0.29) is 12.0 Å². The minimum absolute atomic E-state index is 0.0730. The predicted octanol–water partition coefficient (Wildman–Crippen LogP) is 3.37. The maximum atomic E-state index is 12.6. The van der Waals surface area contributed by atoms with Crippen LogP contribution in [-0.4, -0.2) is 37.8 Å². The number of fused-ring (bicyclic) bond motifs is 1. The van der Waals surface area contributed by atoms with Crippen LogP contribution in [0.1, 0.15) is 28.1 Å². The highest BCUT2D eigenvalue weighted by Crippen LogP contribution is 2.28. The molecule has 5 heterocycles. The highest BCUT2D eigenvalue weighted by Gasteiger charge is 2.17. The van der Waals surface area contributed by atoms with Gasteiger partial charge in [-0.2, -0.15) is 5.10 Å². The number of rotatable bonds is 6. The highest BCUT2D eigenvalue weighted by atomic mass is 32.1. The van der Waals surface area contributed by atoms with Crippen LogP contribution in [0.25, 0.3) is 16.1 Å². The van der Waals surface area contributed by atoms with Crippen LogP contribution in [0, 0.1) is 0 Å². The van der Waals surface area contributed by atoms with Gasteiger partial charge in [-0.3, -0.25) is 9.48 Å². The van der Waals surface area contributed by atoms with Gasteiger partial charge in [0.05, 0.1) is 23.7 Å². The molecule has 0 aliphatic carbocycles. The molecule has 148 valence electrons.